The molecule has 0 aromatic carbocycles. The van der Waals surface area contributed by atoms with Crippen LogP contribution in [-0.2, 0) is 23.8 Å². The Hall–Kier alpha value is -1.59. The normalized spacial score (nSPS) is 42.4. The van der Waals surface area contributed by atoms with E-state index in [0.717, 1.165) is 31.6 Å². The van der Waals surface area contributed by atoms with Gasteiger partial charge in [0.05, 0.1) is 5.92 Å². The van der Waals surface area contributed by atoms with Crippen molar-refractivity contribution in [1.82, 2.24) is 0 Å². The van der Waals surface area contributed by atoms with E-state index in [0.29, 0.717) is 23.5 Å². The lowest BCUT2D eigenvalue weighted by Crippen LogP contribution is -2.56. The molecule has 0 amide bonds. The molecule has 0 aliphatic heterocycles. The number of ether oxygens (including phenoxy) is 3. The van der Waals surface area contributed by atoms with E-state index in [4.69, 9.17) is 14.2 Å². The molecule has 4 saturated carbocycles. The number of carbonyl (C=O) groups is 3. The molecule has 6 nitrogen and oxygen atoms in total. The van der Waals surface area contributed by atoms with Gasteiger partial charge < -0.3 is 14.2 Å². The van der Waals surface area contributed by atoms with Gasteiger partial charge in [-0.25, -0.2) is 4.79 Å². The van der Waals surface area contributed by atoms with Crippen molar-refractivity contribution in [2.75, 3.05) is 13.2 Å². The summed E-state index contributed by atoms with van der Waals surface area (Å²) in [5.74, 6) is 2.79. The van der Waals surface area contributed by atoms with Crippen LogP contribution < -0.4 is 0 Å². The van der Waals surface area contributed by atoms with E-state index in [1.165, 1.54) is 32.1 Å². The van der Waals surface area contributed by atoms with Gasteiger partial charge in [0.2, 0.25) is 0 Å². The second-order valence-electron chi connectivity index (χ2n) is 13.1. The van der Waals surface area contributed by atoms with Gasteiger partial charge in [0.1, 0.15) is 24.6 Å². The summed E-state index contributed by atoms with van der Waals surface area (Å²) in [5.41, 5.74) is -0.0505. The van der Waals surface area contributed by atoms with E-state index in [1.807, 2.05) is 6.92 Å². The first kappa shape index (κ1) is 26.5. The van der Waals surface area contributed by atoms with Gasteiger partial charge in [0.25, 0.3) is 0 Å². The lowest BCUT2D eigenvalue weighted by atomic mass is 9.44. The van der Waals surface area contributed by atoms with Crippen molar-refractivity contribution in [1.29, 1.82) is 0 Å². The molecular weight excluding hydrogens is 444 g/mol. The van der Waals surface area contributed by atoms with E-state index < -0.39 is 11.8 Å². The second kappa shape index (κ2) is 9.70. The first-order valence-electron chi connectivity index (χ1n) is 13.9. The second-order valence-corrected chi connectivity index (χ2v) is 13.1. The summed E-state index contributed by atoms with van der Waals surface area (Å²) in [6.07, 6.45) is 9.21. The molecule has 4 aliphatic rings. The Bertz CT molecular complexity index is 837. The minimum atomic E-state index is -0.667. The van der Waals surface area contributed by atoms with Crippen LogP contribution in [0.15, 0.2) is 0 Å². The summed E-state index contributed by atoms with van der Waals surface area (Å²) >= 11 is 0. The molecule has 0 bridgehead atoms. The standard InChI is InChI=1S/C29H46O6/c1-18(2)25(31)33-15-16-34-26(32)35-27(4)13-14-28(5)20(17-27)7-8-21-23-10-9-22(19(3)30)29(23,6)12-11-24(21)28/h18,20-24H,7-17H2,1-6H3/t20-,21+,22+,23-,24-,27-,28-,29+/m0/s1. The van der Waals surface area contributed by atoms with Crippen LogP contribution >= 0.6 is 0 Å². The molecule has 0 unspecified atom stereocenters. The van der Waals surface area contributed by atoms with E-state index in [-0.39, 0.29) is 41.8 Å². The van der Waals surface area contributed by atoms with Crippen LogP contribution in [0.2, 0.25) is 0 Å². The number of fused-ring (bicyclic) bond motifs is 5. The smallest absolute Gasteiger partial charge is 0.462 e. The molecule has 0 aromatic rings. The molecule has 0 N–H and O–H groups in total. The zero-order chi connectivity index (χ0) is 25.6. The topological polar surface area (TPSA) is 78.9 Å². The monoisotopic (exact) mass is 490 g/mol. The number of hydrogen-bond acceptors (Lipinski definition) is 6. The summed E-state index contributed by atoms with van der Waals surface area (Å²) < 4.78 is 16.1. The molecule has 0 saturated heterocycles. The average molecular weight is 491 g/mol. The molecule has 0 aromatic heterocycles. The van der Waals surface area contributed by atoms with Gasteiger partial charge in [0, 0.05) is 5.92 Å². The number of carbonyl (C=O) groups excluding carboxylic acids is 3. The molecule has 0 spiro atoms. The van der Waals surface area contributed by atoms with Gasteiger partial charge in [0.15, 0.2) is 0 Å². The molecule has 4 rings (SSSR count). The fourth-order valence-electron chi connectivity index (χ4n) is 8.84. The summed E-state index contributed by atoms with van der Waals surface area (Å²) in [6, 6.07) is 0. The zero-order valence-electron chi connectivity index (χ0n) is 22.7. The lowest BCUT2D eigenvalue weighted by Gasteiger charge is -2.62. The van der Waals surface area contributed by atoms with Gasteiger partial charge in [-0.05, 0) is 106 Å². The summed E-state index contributed by atoms with van der Waals surface area (Å²) in [6.45, 7) is 12.4. The third kappa shape index (κ3) is 4.87. The van der Waals surface area contributed by atoms with E-state index >= 15 is 0 Å². The lowest BCUT2D eigenvalue weighted by molar-refractivity contribution is -0.156. The molecule has 8 atom stereocenters. The minimum absolute atomic E-state index is 0.0136. The summed E-state index contributed by atoms with van der Waals surface area (Å²) in [5, 5.41) is 0. The highest BCUT2D eigenvalue weighted by Gasteiger charge is 2.61. The van der Waals surface area contributed by atoms with Crippen LogP contribution in [0.1, 0.15) is 99.3 Å². The van der Waals surface area contributed by atoms with Crippen molar-refractivity contribution in [3.05, 3.63) is 0 Å². The molecule has 0 heterocycles. The van der Waals surface area contributed by atoms with Crippen LogP contribution in [0.3, 0.4) is 0 Å². The van der Waals surface area contributed by atoms with E-state index in [1.54, 1.807) is 20.8 Å². The van der Waals surface area contributed by atoms with Crippen molar-refractivity contribution < 1.29 is 28.6 Å². The summed E-state index contributed by atoms with van der Waals surface area (Å²) in [4.78, 5) is 36.3. The van der Waals surface area contributed by atoms with Crippen molar-refractivity contribution >= 4 is 17.9 Å². The SMILES string of the molecule is CC(=O)[C@H]1CC[C@H]2[C@H]3CC[C@H]4C[C@@](C)(OC(=O)OCCOC(=O)C(C)C)CC[C@]4(C)[C@H]3CC[C@]12C. The Morgan fingerprint density at radius 1 is 0.829 bits per heavy atom. The number of rotatable bonds is 6. The highest BCUT2D eigenvalue weighted by Crippen LogP contribution is 2.68. The highest BCUT2D eigenvalue weighted by molar-refractivity contribution is 5.79. The Kier molecular flexibility index (Phi) is 7.34. The maximum Gasteiger partial charge on any atom is 0.508 e. The molecule has 35 heavy (non-hydrogen) atoms. The number of Topliss-reactive ketones (excluding diaryl/α,β-unsaturated/α-hetero) is 1. The number of hydrogen-bond donors (Lipinski definition) is 0. The third-order valence-corrected chi connectivity index (χ3v) is 10.8. The largest absolute Gasteiger partial charge is 0.508 e. The fraction of sp³-hybridized carbons (Fsp3) is 0.897. The highest BCUT2D eigenvalue weighted by atomic mass is 16.7. The zero-order valence-corrected chi connectivity index (χ0v) is 22.7. The van der Waals surface area contributed by atoms with Crippen LogP contribution in [0, 0.1) is 46.3 Å². The van der Waals surface area contributed by atoms with Crippen LogP contribution in [-0.4, -0.2) is 36.7 Å². The maximum absolute atomic E-state index is 12.4. The predicted molar refractivity (Wildman–Crippen MR) is 133 cm³/mol. The van der Waals surface area contributed by atoms with E-state index in [2.05, 4.69) is 13.8 Å². The molecular formula is C29H46O6. The van der Waals surface area contributed by atoms with Gasteiger partial charge in [-0.15, -0.1) is 0 Å². The Labute approximate surface area is 211 Å². The Morgan fingerprint density at radius 2 is 1.51 bits per heavy atom. The third-order valence-electron chi connectivity index (χ3n) is 10.8. The molecule has 198 valence electrons. The molecule has 0 radical (unpaired) electrons. The van der Waals surface area contributed by atoms with Gasteiger partial charge in [-0.3, -0.25) is 9.59 Å². The predicted octanol–water partition coefficient (Wildman–Crippen LogP) is 6.35. The van der Waals surface area contributed by atoms with Gasteiger partial charge in [-0.1, -0.05) is 27.7 Å². The summed E-state index contributed by atoms with van der Waals surface area (Å²) in [7, 11) is 0. The van der Waals surface area contributed by atoms with Gasteiger partial charge in [-0.2, -0.15) is 0 Å². The Balaban J connectivity index is 1.34. The fourth-order valence-corrected chi connectivity index (χ4v) is 8.84. The Morgan fingerprint density at radius 3 is 2.20 bits per heavy atom. The maximum atomic E-state index is 12.4. The molecule has 4 aliphatic carbocycles. The quantitative estimate of drug-likeness (QED) is 0.319. The number of ketones is 1. The van der Waals surface area contributed by atoms with Crippen molar-refractivity contribution in [3.63, 3.8) is 0 Å². The average Bonchev–Trinajstić information content (AvgIpc) is 3.14. The van der Waals surface area contributed by atoms with Crippen LogP contribution in [0.4, 0.5) is 4.79 Å². The molecule has 4 fully saturated rings. The van der Waals surface area contributed by atoms with Crippen molar-refractivity contribution in [3.8, 4) is 0 Å². The van der Waals surface area contributed by atoms with Crippen LogP contribution in [0.5, 0.6) is 0 Å². The first-order valence-corrected chi connectivity index (χ1v) is 13.9. The van der Waals surface area contributed by atoms with Crippen molar-refractivity contribution in [2.24, 2.45) is 46.3 Å². The van der Waals surface area contributed by atoms with Crippen LogP contribution in [0.25, 0.3) is 0 Å². The number of esters is 1. The first-order chi connectivity index (χ1) is 16.4. The minimum Gasteiger partial charge on any atom is -0.462 e. The van der Waals surface area contributed by atoms with Crippen molar-refractivity contribution in [2.45, 2.75) is 105 Å². The van der Waals surface area contributed by atoms with Gasteiger partial charge >= 0.3 is 12.1 Å². The van der Waals surface area contributed by atoms with E-state index in [9.17, 15) is 14.4 Å². The molecule has 6 heteroatoms.